The van der Waals surface area contributed by atoms with E-state index in [9.17, 15) is 22.8 Å². The molecule has 26 heavy (non-hydrogen) atoms. The van der Waals surface area contributed by atoms with Crippen molar-refractivity contribution in [2.24, 2.45) is 0 Å². The van der Waals surface area contributed by atoms with Gasteiger partial charge in [-0.25, -0.2) is 0 Å². The van der Waals surface area contributed by atoms with E-state index in [1.54, 1.807) is 6.07 Å². The van der Waals surface area contributed by atoms with Gasteiger partial charge in [0.25, 0.3) is 5.91 Å². The zero-order valence-electron chi connectivity index (χ0n) is 13.5. The van der Waals surface area contributed by atoms with Crippen molar-refractivity contribution in [3.63, 3.8) is 0 Å². The zero-order valence-corrected chi connectivity index (χ0v) is 13.5. The van der Waals surface area contributed by atoms with E-state index in [0.717, 1.165) is 12.1 Å². The van der Waals surface area contributed by atoms with Crippen LogP contribution in [0.2, 0.25) is 0 Å². The van der Waals surface area contributed by atoms with Crippen molar-refractivity contribution in [1.29, 1.82) is 0 Å². The first-order valence-electron chi connectivity index (χ1n) is 7.84. The molecule has 9 heteroatoms. The Balaban J connectivity index is 1.64. The molecule has 1 fully saturated rings. The Morgan fingerprint density at radius 3 is 2.54 bits per heavy atom. The van der Waals surface area contributed by atoms with Gasteiger partial charge in [0, 0.05) is 12.2 Å². The summed E-state index contributed by atoms with van der Waals surface area (Å²) in [5.41, 5.74) is 0.307. The van der Waals surface area contributed by atoms with Crippen molar-refractivity contribution < 1.29 is 31.9 Å². The van der Waals surface area contributed by atoms with Gasteiger partial charge in [0.1, 0.15) is 11.8 Å². The lowest BCUT2D eigenvalue weighted by atomic mass is 10.2. The Hall–Kier alpha value is -2.97. The molecule has 1 N–H and O–H groups in total. The van der Waals surface area contributed by atoms with Crippen LogP contribution in [-0.2, 0) is 4.79 Å². The Bertz CT molecular complexity index is 772. The minimum atomic E-state index is -4.78. The van der Waals surface area contributed by atoms with Gasteiger partial charge in [-0.1, -0.05) is 0 Å². The van der Waals surface area contributed by atoms with E-state index in [4.69, 9.17) is 4.42 Å². The minimum Gasteiger partial charge on any atom is -0.459 e. The van der Waals surface area contributed by atoms with Crippen molar-refractivity contribution in [2.45, 2.75) is 25.2 Å². The number of rotatable bonds is 4. The Kier molecular flexibility index (Phi) is 4.88. The van der Waals surface area contributed by atoms with E-state index in [0.29, 0.717) is 25.1 Å². The monoisotopic (exact) mass is 368 g/mol. The van der Waals surface area contributed by atoms with Crippen molar-refractivity contribution in [1.82, 2.24) is 4.90 Å². The van der Waals surface area contributed by atoms with Crippen molar-refractivity contribution >= 4 is 17.5 Å². The fourth-order valence-corrected chi connectivity index (χ4v) is 2.79. The van der Waals surface area contributed by atoms with Gasteiger partial charge in [-0.2, -0.15) is 0 Å². The quantitative estimate of drug-likeness (QED) is 0.898. The van der Waals surface area contributed by atoms with E-state index in [1.807, 2.05) is 0 Å². The predicted octanol–water partition coefficient (Wildman–Crippen LogP) is 3.42. The molecule has 1 aliphatic heterocycles. The van der Waals surface area contributed by atoms with Gasteiger partial charge in [-0.15, -0.1) is 13.2 Å². The zero-order chi connectivity index (χ0) is 18.7. The standard InChI is InChI=1S/C17H15F3N2O4/c18-17(19,20)26-12-7-5-11(6-8-12)21-15(23)13-3-1-9-22(13)16(24)14-4-2-10-25-14/h2,4-8,10,13H,1,3,9H2,(H,21,23)/t13-/m0/s1. The Morgan fingerprint density at radius 2 is 1.92 bits per heavy atom. The second kappa shape index (κ2) is 7.11. The molecular formula is C17H15F3N2O4. The predicted molar refractivity (Wildman–Crippen MR) is 84.5 cm³/mol. The molecule has 0 spiro atoms. The normalized spacial score (nSPS) is 17.2. The van der Waals surface area contributed by atoms with Gasteiger partial charge < -0.3 is 19.4 Å². The summed E-state index contributed by atoms with van der Waals surface area (Å²) in [4.78, 5) is 26.3. The van der Waals surface area contributed by atoms with Gasteiger partial charge in [0.15, 0.2) is 5.76 Å². The largest absolute Gasteiger partial charge is 0.573 e. The average molecular weight is 368 g/mol. The van der Waals surface area contributed by atoms with Crippen LogP contribution in [0.15, 0.2) is 47.1 Å². The van der Waals surface area contributed by atoms with Crippen LogP contribution in [0.1, 0.15) is 23.4 Å². The Morgan fingerprint density at radius 1 is 1.19 bits per heavy atom. The molecular weight excluding hydrogens is 353 g/mol. The fraction of sp³-hybridized carbons (Fsp3) is 0.294. The number of anilines is 1. The molecule has 3 rings (SSSR count). The Labute approximate surface area is 146 Å². The number of benzene rings is 1. The van der Waals surface area contributed by atoms with Gasteiger partial charge in [-0.3, -0.25) is 9.59 Å². The minimum absolute atomic E-state index is 0.151. The molecule has 0 bridgehead atoms. The summed E-state index contributed by atoms with van der Waals surface area (Å²) in [6, 6.07) is 7.24. The highest BCUT2D eigenvalue weighted by Crippen LogP contribution is 2.25. The van der Waals surface area contributed by atoms with Crippen molar-refractivity contribution in [3.8, 4) is 5.75 Å². The molecule has 1 aliphatic rings. The van der Waals surface area contributed by atoms with Crippen LogP contribution in [-0.4, -0.2) is 35.7 Å². The summed E-state index contributed by atoms with van der Waals surface area (Å²) >= 11 is 0. The van der Waals surface area contributed by atoms with E-state index < -0.39 is 18.3 Å². The first kappa shape index (κ1) is 17.8. The number of carbonyl (C=O) groups is 2. The number of halogens is 3. The summed E-state index contributed by atoms with van der Waals surface area (Å²) in [5, 5.41) is 2.60. The van der Waals surface area contributed by atoms with Gasteiger partial charge in [-0.05, 0) is 49.2 Å². The fourth-order valence-electron chi connectivity index (χ4n) is 2.79. The number of ether oxygens (including phenoxy) is 1. The van der Waals surface area contributed by atoms with Gasteiger partial charge in [0.05, 0.1) is 6.26 Å². The summed E-state index contributed by atoms with van der Waals surface area (Å²) in [7, 11) is 0. The highest BCUT2D eigenvalue weighted by atomic mass is 19.4. The lowest BCUT2D eigenvalue weighted by Gasteiger charge is -2.23. The highest BCUT2D eigenvalue weighted by molar-refractivity contribution is 6.00. The number of hydrogen-bond donors (Lipinski definition) is 1. The molecule has 2 heterocycles. The van der Waals surface area contributed by atoms with Gasteiger partial charge in [0.2, 0.25) is 5.91 Å². The van der Waals surface area contributed by atoms with Crippen molar-refractivity contribution in [3.05, 3.63) is 48.4 Å². The average Bonchev–Trinajstić information content (AvgIpc) is 3.26. The first-order chi connectivity index (χ1) is 12.3. The molecule has 0 radical (unpaired) electrons. The molecule has 2 aromatic rings. The number of carbonyl (C=O) groups excluding carboxylic acids is 2. The van der Waals surface area contributed by atoms with E-state index in [-0.39, 0.29) is 17.4 Å². The third kappa shape index (κ3) is 4.16. The maximum absolute atomic E-state index is 12.5. The van der Waals surface area contributed by atoms with Crippen LogP contribution in [0, 0.1) is 0 Å². The number of furan rings is 1. The molecule has 6 nitrogen and oxygen atoms in total. The summed E-state index contributed by atoms with van der Waals surface area (Å²) < 4.78 is 45.3. The summed E-state index contributed by atoms with van der Waals surface area (Å²) in [6.45, 7) is 0.427. The lowest BCUT2D eigenvalue weighted by molar-refractivity contribution is -0.274. The molecule has 2 amide bonds. The topological polar surface area (TPSA) is 71.8 Å². The van der Waals surface area contributed by atoms with E-state index in [1.165, 1.54) is 29.4 Å². The maximum Gasteiger partial charge on any atom is 0.573 e. The smallest absolute Gasteiger partial charge is 0.459 e. The van der Waals surface area contributed by atoms with Crippen LogP contribution in [0.4, 0.5) is 18.9 Å². The third-order valence-electron chi connectivity index (χ3n) is 3.90. The lowest BCUT2D eigenvalue weighted by Crippen LogP contribution is -2.43. The molecule has 1 atom stereocenters. The van der Waals surface area contributed by atoms with E-state index >= 15 is 0 Å². The second-order valence-electron chi connectivity index (χ2n) is 5.70. The second-order valence-corrected chi connectivity index (χ2v) is 5.70. The van der Waals surface area contributed by atoms with Crippen LogP contribution in [0.25, 0.3) is 0 Å². The number of nitrogens with zero attached hydrogens (tertiary/aromatic N) is 1. The van der Waals surface area contributed by atoms with Crippen molar-refractivity contribution in [2.75, 3.05) is 11.9 Å². The third-order valence-corrected chi connectivity index (χ3v) is 3.90. The number of nitrogens with one attached hydrogen (secondary N) is 1. The van der Waals surface area contributed by atoms with E-state index in [2.05, 4.69) is 10.1 Å². The SMILES string of the molecule is O=C(Nc1ccc(OC(F)(F)F)cc1)[C@@H]1CCCN1C(=O)c1ccco1. The molecule has 0 aliphatic carbocycles. The first-order valence-corrected chi connectivity index (χ1v) is 7.84. The number of amides is 2. The summed E-state index contributed by atoms with van der Waals surface area (Å²) in [6.07, 6.45) is -2.24. The maximum atomic E-state index is 12.5. The molecule has 1 aromatic carbocycles. The van der Waals surface area contributed by atoms with Crippen LogP contribution >= 0.6 is 0 Å². The van der Waals surface area contributed by atoms with Gasteiger partial charge >= 0.3 is 6.36 Å². The number of likely N-dealkylation sites (tertiary alicyclic amines) is 1. The molecule has 1 aromatic heterocycles. The highest BCUT2D eigenvalue weighted by Gasteiger charge is 2.35. The summed E-state index contributed by atoms with van der Waals surface area (Å²) in [5.74, 6) is -1.02. The van der Waals surface area contributed by atoms with Crippen LogP contribution in [0.3, 0.4) is 0 Å². The van der Waals surface area contributed by atoms with Crippen LogP contribution in [0.5, 0.6) is 5.75 Å². The molecule has 1 saturated heterocycles. The molecule has 0 unspecified atom stereocenters. The number of hydrogen-bond acceptors (Lipinski definition) is 4. The van der Waals surface area contributed by atoms with Crippen LogP contribution < -0.4 is 10.1 Å². The number of alkyl halides is 3. The molecule has 138 valence electrons. The molecule has 0 saturated carbocycles.